The van der Waals surface area contributed by atoms with Crippen LogP contribution in [-0.4, -0.2) is 0 Å². The monoisotopic (exact) mass is 130 g/mol. The van der Waals surface area contributed by atoms with E-state index in [1.165, 1.54) is 0 Å². The second-order valence-electron chi connectivity index (χ2n) is 2.03. The molecule has 50 valence electrons. The minimum Gasteiger partial charge on any atom is -0.194 e. The van der Waals surface area contributed by atoms with Crippen molar-refractivity contribution in [3.05, 3.63) is 41.8 Å². The quantitative estimate of drug-likeness (QED) is 0.534. The third kappa shape index (κ3) is 1.29. The van der Waals surface area contributed by atoms with E-state index in [4.69, 9.17) is 5.26 Å². The highest BCUT2D eigenvalue weighted by molar-refractivity contribution is 5.35. The molecule has 1 rings (SSSR count). The lowest BCUT2D eigenvalue weighted by Crippen LogP contribution is -1.78. The maximum Gasteiger partial charge on any atom is 0.0856 e. The Bertz CT molecular complexity index is 258. The van der Waals surface area contributed by atoms with Gasteiger partial charge in [0.2, 0.25) is 0 Å². The Kier molecular flexibility index (Phi) is 1.96. The van der Waals surface area contributed by atoms with Crippen LogP contribution in [0.25, 0.3) is 0 Å². The van der Waals surface area contributed by atoms with Gasteiger partial charge in [0.05, 0.1) is 6.07 Å². The number of rotatable bonds is 1. The van der Waals surface area contributed by atoms with E-state index in [0.29, 0.717) is 0 Å². The largest absolute Gasteiger partial charge is 0.194 e. The van der Waals surface area contributed by atoms with Crippen LogP contribution in [0.5, 0.6) is 0 Å². The molecule has 1 aromatic rings. The molecule has 0 bridgehead atoms. The molecule has 0 radical (unpaired) electrons. The summed E-state index contributed by atoms with van der Waals surface area (Å²) in [5, 5.41) is 8.49. The average molecular weight is 130 g/mol. The van der Waals surface area contributed by atoms with Gasteiger partial charge in [-0.05, 0) is 5.56 Å². The predicted octanol–water partition coefficient (Wildman–Crippen LogP) is 2.13. The molecule has 0 aliphatic rings. The van der Waals surface area contributed by atoms with E-state index in [0.717, 1.165) is 11.1 Å². The zero-order valence-corrected chi connectivity index (χ0v) is 5.83. The molecule has 0 aliphatic carbocycles. The maximum atomic E-state index is 8.49. The topological polar surface area (TPSA) is 23.8 Å². The van der Waals surface area contributed by atoms with Gasteiger partial charge < -0.3 is 0 Å². The molecule has 0 aliphatic heterocycles. The van der Waals surface area contributed by atoms with Crippen LogP contribution in [0.2, 0.25) is 0 Å². The Morgan fingerprint density at radius 2 is 2.30 bits per heavy atom. The van der Waals surface area contributed by atoms with E-state index in [2.05, 4.69) is 6.07 Å². The van der Waals surface area contributed by atoms with Gasteiger partial charge in [0, 0.05) is 0 Å². The Morgan fingerprint density at radius 3 is 2.90 bits per heavy atom. The molecule has 10 heavy (non-hydrogen) atoms. The van der Waals surface area contributed by atoms with Crippen molar-refractivity contribution in [3.8, 4) is 6.07 Å². The van der Waals surface area contributed by atoms with E-state index < -0.39 is 0 Å². The third-order valence-electron chi connectivity index (χ3n) is 1.35. The van der Waals surface area contributed by atoms with E-state index in [1.807, 2.05) is 31.5 Å². The summed E-state index contributed by atoms with van der Waals surface area (Å²) in [5.74, 6) is 0. The molecule has 0 N–H and O–H groups in total. The summed E-state index contributed by atoms with van der Waals surface area (Å²) in [7, 11) is 0. The van der Waals surface area contributed by atoms with Crippen molar-refractivity contribution in [2.45, 2.75) is 6.92 Å². The van der Waals surface area contributed by atoms with Crippen molar-refractivity contribution in [2.24, 2.45) is 0 Å². The second kappa shape index (κ2) is 2.93. The first kappa shape index (κ1) is 6.70. The van der Waals surface area contributed by atoms with Gasteiger partial charge in [0.25, 0.3) is 0 Å². The number of hydrogen-bond donors (Lipinski definition) is 0. The number of hydrogen-bond acceptors (Lipinski definition) is 1. The number of nitriles is 1. The molecule has 0 spiro atoms. The molecule has 1 heteroatoms. The van der Waals surface area contributed by atoms with E-state index in [1.54, 1.807) is 6.07 Å². The van der Waals surface area contributed by atoms with Crippen molar-refractivity contribution < 1.29 is 0 Å². The van der Waals surface area contributed by atoms with Gasteiger partial charge in [0.1, 0.15) is 0 Å². The van der Waals surface area contributed by atoms with Crippen molar-refractivity contribution in [3.63, 3.8) is 0 Å². The van der Waals surface area contributed by atoms with Crippen LogP contribution in [0.4, 0.5) is 0 Å². The zero-order chi connectivity index (χ0) is 7.40. The lowest BCUT2D eigenvalue weighted by Gasteiger charge is -2.03. The minimum atomic E-state index is 0.718. The first-order valence-electron chi connectivity index (χ1n) is 3.16. The Hall–Kier alpha value is -1.42. The molecule has 0 atom stereocenters. The van der Waals surface area contributed by atoms with E-state index >= 15 is 0 Å². The molecule has 0 saturated heterocycles. The SMILES string of the molecule is C[CH-]c1cccc(C#N)c1. The predicted molar refractivity (Wildman–Crippen MR) is 40.2 cm³/mol. The van der Waals surface area contributed by atoms with E-state index in [9.17, 15) is 0 Å². The van der Waals surface area contributed by atoms with Gasteiger partial charge in [-0.1, -0.05) is 13.0 Å². The Morgan fingerprint density at radius 1 is 1.50 bits per heavy atom. The highest BCUT2D eigenvalue weighted by Crippen LogP contribution is 2.04. The highest BCUT2D eigenvalue weighted by Gasteiger charge is 1.81. The summed E-state index contributed by atoms with van der Waals surface area (Å²) >= 11 is 0. The fourth-order valence-corrected chi connectivity index (χ4v) is 0.788. The molecule has 1 aromatic carbocycles. The van der Waals surface area contributed by atoms with Gasteiger partial charge in [-0.25, -0.2) is 0 Å². The van der Waals surface area contributed by atoms with Gasteiger partial charge >= 0.3 is 0 Å². The summed E-state index contributed by atoms with van der Waals surface area (Å²) in [5.41, 5.74) is 1.81. The normalized spacial score (nSPS) is 8.40. The fourth-order valence-electron chi connectivity index (χ4n) is 0.788. The van der Waals surface area contributed by atoms with Crippen LogP contribution in [0.3, 0.4) is 0 Å². The van der Waals surface area contributed by atoms with E-state index in [-0.39, 0.29) is 0 Å². The van der Waals surface area contributed by atoms with Gasteiger partial charge in [-0.3, -0.25) is 0 Å². The van der Waals surface area contributed by atoms with Crippen molar-refractivity contribution in [1.29, 1.82) is 5.26 Å². The summed E-state index contributed by atoms with van der Waals surface area (Å²) in [6.45, 7) is 1.95. The molecule has 0 amide bonds. The van der Waals surface area contributed by atoms with Gasteiger partial charge in [-0.15, -0.1) is 12.1 Å². The van der Waals surface area contributed by atoms with Crippen LogP contribution in [0.15, 0.2) is 24.3 Å². The van der Waals surface area contributed by atoms with Gasteiger partial charge in [0.15, 0.2) is 0 Å². The lowest BCUT2D eigenvalue weighted by molar-refractivity contribution is 1.40. The molecular formula is C9H8N-. The molecule has 0 saturated carbocycles. The summed E-state index contributed by atoms with van der Waals surface area (Å²) in [6, 6.07) is 9.60. The average Bonchev–Trinajstić information content (AvgIpc) is 2.05. The molecule has 0 unspecified atom stereocenters. The molecule has 0 aromatic heterocycles. The molecule has 0 heterocycles. The second-order valence-corrected chi connectivity index (χ2v) is 2.03. The standard InChI is InChI=1S/C9H8N/c1-2-8-4-3-5-9(6-8)7-10/h2-6H,1H3/q-1. The summed E-state index contributed by atoms with van der Waals surface area (Å²) in [6.07, 6.45) is 1.97. The highest BCUT2D eigenvalue weighted by atomic mass is 14.2. The van der Waals surface area contributed by atoms with Crippen LogP contribution >= 0.6 is 0 Å². The van der Waals surface area contributed by atoms with Crippen LogP contribution in [0, 0.1) is 17.8 Å². The number of benzene rings is 1. The zero-order valence-electron chi connectivity index (χ0n) is 5.83. The summed E-state index contributed by atoms with van der Waals surface area (Å²) in [4.78, 5) is 0. The Balaban J connectivity index is 3.01. The first-order valence-corrected chi connectivity index (χ1v) is 3.16. The van der Waals surface area contributed by atoms with Crippen molar-refractivity contribution in [2.75, 3.05) is 0 Å². The summed E-state index contributed by atoms with van der Waals surface area (Å²) < 4.78 is 0. The Labute approximate surface area is 60.9 Å². The van der Waals surface area contributed by atoms with Gasteiger partial charge in [-0.2, -0.15) is 23.3 Å². The van der Waals surface area contributed by atoms with Crippen LogP contribution in [0.1, 0.15) is 18.1 Å². The molecule has 1 nitrogen and oxygen atoms in total. The smallest absolute Gasteiger partial charge is 0.0856 e. The minimum absolute atomic E-state index is 0.718. The van der Waals surface area contributed by atoms with Crippen LogP contribution < -0.4 is 0 Å². The maximum absolute atomic E-state index is 8.49. The third-order valence-corrected chi connectivity index (χ3v) is 1.35. The fraction of sp³-hybridized carbons (Fsp3) is 0.111. The molecular weight excluding hydrogens is 122 g/mol. The first-order chi connectivity index (χ1) is 4.86. The number of nitrogens with zero attached hydrogens (tertiary/aromatic N) is 1. The van der Waals surface area contributed by atoms with Crippen molar-refractivity contribution in [1.82, 2.24) is 0 Å². The lowest BCUT2D eigenvalue weighted by atomic mass is 10.1. The van der Waals surface area contributed by atoms with Crippen LogP contribution in [-0.2, 0) is 0 Å². The van der Waals surface area contributed by atoms with Crippen molar-refractivity contribution >= 4 is 0 Å². The molecule has 0 fully saturated rings.